The number of hydrogen-bond acceptors (Lipinski definition) is 3. The lowest BCUT2D eigenvalue weighted by molar-refractivity contribution is 0.0750. The fourth-order valence-electron chi connectivity index (χ4n) is 2.62. The molecule has 2 aliphatic heterocycles. The van der Waals surface area contributed by atoms with Crippen LogP contribution in [0.15, 0.2) is 30.3 Å². The monoisotopic (exact) mass is 261 g/mol. The number of piperidine rings is 1. The first kappa shape index (κ1) is 12.5. The lowest BCUT2D eigenvalue weighted by atomic mass is 9.95. The van der Waals surface area contributed by atoms with Crippen LogP contribution in [0.3, 0.4) is 0 Å². The molecule has 0 saturated carbocycles. The Morgan fingerprint density at radius 3 is 2.89 bits per heavy atom. The number of benzene rings is 1. The summed E-state index contributed by atoms with van der Waals surface area (Å²) in [5, 5.41) is 0. The lowest BCUT2D eigenvalue weighted by Crippen LogP contribution is -2.41. The van der Waals surface area contributed by atoms with Gasteiger partial charge in [0.05, 0.1) is 12.7 Å². The van der Waals surface area contributed by atoms with Gasteiger partial charge < -0.3 is 14.4 Å². The number of likely N-dealkylation sites (tertiary alicyclic amines) is 1. The van der Waals surface area contributed by atoms with E-state index >= 15 is 0 Å². The standard InChI is InChI=1S/C15H19NO3/c17-15(19-10-12-5-2-1-3-6-12)16-8-4-7-13(9-16)14-11-18-14/h1-3,5-6,13-14H,4,7-11H2/t13-,14+/m0/s1. The van der Waals surface area contributed by atoms with Crippen LogP contribution in [-0.2, 0) is 16.1 Å². The largest absolute Gasteiger partial charge is 0.445 e. The maximum absolute atomic E-state index is 12.0. The molecule has 102 valence electrons. The van der Waals surface area contributed by atoms with E-state index in [4.69, 9.17) is 9.47 Å². The van der Waals surface area contributed by atoms with E-state index in [0.29, 0.717) is 18.6 Å². The van der Waals surface area contributed by atoms with Gasteiger partial charge in [0.2, 0.25) is 0 Å². The maximum Gasteiger partial charge on any atom is 0.410 e. The second-order valence-corrected chi connectivity index (χ2v) is 5.26. The van der Waals surface area contributed by atoms with Crippen LogP contribution < -0.4 is 0 Å². The van der Waals surface area contributed by atoms with E-state index in [0.717, 1.165) is 38.1 Å². The number of carbonyl (C=O) groups excluding carboxylic acids is 1. The summed E-state index contributed by atoms with van der Waals surface area (Å²) in [6.07, 6.45) is 2.39. The zero-order valence-corrected chi connectivity index (χ0v) is 11.0. The molecular weight excluding hydrogens is 242 g/mol. The van der Waals surface area contributed by atoms with E-state index in [2.05, 4.69) is 0 Å². The minimum Gasteiger partial charge on any atom is -0.445 e. The summed E-state index contributed by atoms with van der Waals surface area (Å²) in [7, 11) is 0. The smallest absolute Gasteiger partial charge is 0.410 e. The molecule has 4 nitrogen and oxygen atoms in total. The molecule has 0 unspecified atom stereocenters. The van der Waals surface area contributed by atoms with Crippen molar-refractivity contribution in [2.75, 3.05) is 19.7 Å². The summed E-state index contributed by atoms with van der Waals surface area (Å²) >= 11 is 0. The van der Waals surface area contributed by atoms with Gasteiger partial charge >= 0.3 is 6.09 Å². The van der Waals surface area contributed by atoms with Gasteiger partial charge in [-0.15, -0.1) is 0 Å². The third-order valence-electron chi connectivity index (χ3n) is 3.81. The van der Waals surface area contributed by atoms with Crippen LogP contribution >= 0.6 is 0 Å². The molecule has 1 amide bonds. The zero-order chi connectivity index (χ0) is 13.1. The normalized spacial score (nSPS) is 26.0. The van der Waals surface area contributed by atoms with Gasteiger partial charge in [0.25, 0.3) is 0 Å². The zero-order valence-electron chi connectivity index (χ0n) is 11.0. The van der Waals surface area contributed by atoms with Gasteiger partial charge in [-0.25, -0.2) is 4.79 Å². The third-order valence-corrected chi connectivity index (χ3v) is 3.81. The van der Waals surface area contributed by atoms with Crippen LogP contribution in [0, 0.1) is 5.92 Å². The van der Waals surface area contributed by atoms with Gasteiger partial charge in [0.1, 0.15) is 6.61 Å². The quantitative estimate of drug-likeness (QED) is 0.785. The number of amides is 1. The first-order chi connectivity index (χ1) is 9.33. The summed E-state index contributed by atoms with van der Waals surface area (Å²) < 4.78 is 10.7. The molecular formula is C15H19NO3. The first-order valence-electron chi connectivity index (χ1n) is 6.90. The van der Waals surface area contributed by atoms with Crippen molar-refractivity contribution in [2.24, 2.45) is 5.92 Å². The average molecular weight is 261 g/mol. The number of rotatable bonds is 3. The number of epoxide rings is 1. The molecule has 0 bridgehead atoms. The number of carbonyl (C=O) groups is 1. The number of ether oxygens (including phenoxy) is 2. The van der Waals surface area contributed by atoms with Gasteiger partial charge in [-0.05, 0) is 18.4 Å². The molecule has 2 fully saturated rings. The molecule has 1 aromatic rings. The Morgan fingerprint density at radius 2 is 2.16 bits per heavy atom. The fraction of sp³-hybridized carbons (Fsp3) is 0.533. The Labute approximate surface area is 113 Å². The van der Waals surface area contributed by atoms with Crippen molar-refractivity contribution < 1.29 is 14.3 Å². The SMILES string of the molecule is O=C(OCc1ccccc1)N1CCC[C@H]([C@H]2CO2)C1. The van der Waals surface area contributed by atoms with Crippen LogP contribution in [0.25, 0.3) is 0 Å². The molecule has 2 saturated heterocycles. The predicted octanol–water partition coefficient (Wildman–Crippen LogP) is 2.43. The van der Waals surface area contributed by atoms with E-state index in [-0.39, 0.29) is 6.09 Å². The highest BCUT2D eigenvalue weighted by Crippen LogP contribution is 2.28. The Hall–Kier alpha value is -1.55. The molecule has 19 heavy (non-hydrogen) atoms. The topological polar surface area (TPSA) is 42.1 Å². The molecule has 0 N–H and O–H groups in total. The van der Waals surface area contributed by atoms with Crippen LogP contribution in [0.2, 0.25) is 0 Å². The van der Waals surface area contributed by atoms with E-state index in [1.807, 2.05) is 35.2 Å². The van der Waals surface area contributed by atoms with Gasteiger partial charge in [0.15, 0.2) is 0 Å². The summed E-state index contributed by atoms with van der Waals surface area (Å²) in [5.41, 5.74) is 1.02. The molecule has 0 aliphatic carbocycles. The Bertz CT molecular complexity index is 430. The first-order valence-corrected chi connectivity index (χ1v) is 6.90. The van der Waals surface area contributed by atoms with Gasteiger partial charge in [-0.2, -0.15) is 0 Å². The van der Waals surface area contributed by atoms with Crippen LogP contribution in [-0.4, -0.2) is 36.8 Å². The average Bonchev–Trinajstić information content (AvgIpc) is 3.31. The molecule has 3 rings (SSSR count). The molecule has 4 heteroatoms. The molecule has 1 aromatic carbocycles. The second kappa shape index (κ2) is 5.61. The molecule has 2 heterocycles. The van der Waals surface area contributed by atoms with Crippen molar-refractivity contribution in [3.63, 3.8) is 0 Å². The van der Waals surface area contributed by atoms with Crippen molar-refractivity contribution in [3.05, 3.63) is 35.9 Å². The summed E-state index contributed by atoms with van der Waals surface area (Å²) in [6.45, 7) is 2.79. The highest BCUT2D eigenvalue weighted by atomic mass is 16.6. The fourth-order valence-corrected chi connectivity index (χ4v) is 2.62. The highest BCUT2D eigenvalue weighted by molar-refractivity contribution is 5.67. The lowest BCUT2D eigenvalue weighted by Gasteiger charge is -2.31. The van der Waals surface area contributed by atoms with Crippen LogP contribution in [0.1, 0.15) is 18.4 Å². The summed E-state index contributed by atoms with van der Waals surface area (Å²) in [5.74, 6) is 0.498. The Balaban J connectivity index is 1.49. The van der Waals surface area contributed by atoms with E-state index in [9.17, 15) is 4.79 Å². The van der Waals surface area contributed by atoms with E-state index in [1.54, 1.807) is 0 Å². The minimum atomic E-state index is -0.200. The number of nitrogens with zero attached hydrogens (tertiary/aromatic N) is 1. The summed E-state index contributed by atoms with van der Waals surface area (Å²) in [6, 6.07) is 9.78. The molecule has 2 atom stereocenters. The van der Waals surface area contributed by atoms with Crippen LogP contribution in [0.5, 0.6) is 0 Å². The molecule has 0 aromatic heterocycles. The van der Waals surface area contributed by atoms with Crippen molar-refractivity contribution in [2.45, 2.75) is 25.6 Å². The van der Waals surface area contributed by atoms with E-state index in [1.165, 1.54) is 0 Å². The van der Waals surface area contributed by atoms with Crippen molar-refractivity contribution in [1.82, 2.24) is 4.90 Å². The maximum atomic E-state index is 12.0. The Morgan fingerprint density at radius 1 is 1.37 bits per heavy atom. The molecule has 0 spiro atoms. The van der Waals surface area contributed by atoms with Gasteiger partial charge in [-0.3, -0.25) is 0 Å². The highest BCUT2D eigenvalue weighted by Gasteiger charge is 2.37. The van der Waals surface area contributed by atoms with Gasteiger partial charge in [0, 0.05) is 19.0 Å². The van der Waals surface area contributed by atoms with Crippen molar-refractivity contribution in [1.29, 1.82) is 0 Å². The molecule has 0 radical (unpaired) electrons. The second-order valence-electron chi connectivity index (χ2n) is 5.26. The van der Waals surface area contributed by atoms with Crippen molar-refractivity contribution in [3.8, 4) is 0 Å². The summed E-state index contributed by atoms with van der Waals surface area (Å²) in [4.78, 5) is 13.8. The molecule has 2 aliphatic rings. The van der Waals surface area contributed by atoms with Crippen molar-refractivity contribution >= 4 is 6.09 Å². The van der Waals surface area contributed by atoms with Crippen LogP contribution in [0.4, 0.5) is 4.79 Å². The predicted molar refractivity (Wildman–Crippen MR) is 70.7 cm³/mol. The van der Waals surface area contributed by atoms with E-state index < -0.39 is 0 Å². The minimum absolute atomic E-state index is 0.200. The van der Waals surface area contributed by atoms with Gasteiger partial charge in [-0.1, -0.05) is 30.3 Å². The Kier molecular flexibility index (Phi) is 3.69. The number of hydrogen-bond donors (Lipinski definition) is 0. The third kappa shape index (κ3) is 3.26.